The lowest BCUT2D eigenvalue weighted by Gasteiger charge is -2.12. The van der Waals surface area contributed by atoms with Crippen LogP contribution >= 0.6 is 11.6 Å². The standard InChI is InChI=1S/C10H12ClN5/c11-10-14-8(12)7-9(15-10)13-5-16(7)6-3-1-2-4-6/h5-6H,1-4H2,(H2,12,14,15). The summed E-state index contributed by atoms with van der Waals surface area (Å²) >= 11 is 5.74. The quantitative estimate of drug-likeness (QED) is 0.772. The molecule has 0 bridgehead atoms. The molecule has 84 valence electrons. The van der Waals surface area contributed by atoms with Crippen molar-refractivity contribution in [3.8, 4) is 0 Å². The second-order valence-corrected chi connectivity index (χ2v) is 4.48. The van der Waals surface area contributed by atoms with E-state index in [0.717, 1.165) is 5.52 Å². The summed E-state index contributed by atoms with van der Waals surface area (Å²) in [6, 6.07) is 0.483. The Morgan fingerprint density at radius 2 is 2.06 bits per heavy atom. The zero-order chi connectivity index (χ0) is 11.1. The monoisotopic (exact) mass is 237 g/mol. The minimum atomic E-state index is 0.154. The molecule has 2 N–H and O–H groups in total. The molecule has 0 unspecified atom stereocenters. The van der Waals surface area contributed by atoms with E-state index in [4.69, 9.17) is 17.3 Å². The third kappa shape index (κ3) is 1.43. The summed E-state index contributed by atoms with van der Waals surface area (Å²) in [6.07, 6.45) is 6.67. The van der Waals surface area contributed by atoms with Crippen molar-refractivity contribution in [1.82, 2.24) is 19.5 Å². The number of nitrogen functional groups attached to an aromatic ring is 1. The Kier molecular flexibility index (Phi) is 2.21. The number of hydrogen-bond acceptors (Lipinski definition) is 4. The first-order chi connectivity index (χ1) is 7.75. The molecule has 1 aliphatic carbocycles. The van der Waals surface area contributed by atoms with Crippen LogP contribution in [-0.4, -0.2) is 19.5 Å². The maximum absolute atomic E-state index is 5.87. The van der Waals surface area contributed by atoms with E-state index in [1.165, 1.54) is 25.7 Å². The van der Waals surface area contributed by atoms with Gasteiger partial charge >= 0.3 is 0 Å². The molecule has 0 amide bonds. The van der Waals surface area contributed by atoms with Gasteiger partial charge in [-0.3, -0.25) is 0 Å². The molecule has 0 atom stereocenters. The van der Waals surface area contributed by atoms with Gasteiger partial charge in [-0.05, 0) is 24.4 Å². The Balaban J connectivity index is 2.18. The maximum atomic E-state index is 5.87. The first-order valence-corrected chi connectivity index (χ1v) is 5.79. The van der Waals surface area contributed by atoms with Gasteiger partial charge in [-0.2, -0.15) is 9.97 Å². The maximum Gasteiger partial charge on any atom is 0.226 e. The topological polar surface area (TPSA) is 69.6 Å². The van der Waals surface area contributed by atoms with E-state index in [1.807, 2.05) is 0 Å². The number of rotatable bonds is 1. The predicted molar refractivity (Wildman–Crippen MR) is 62.3 cm³/mol. The molecule has 0 spiro atoms. The van der Waals surface area contributed by atoms with Crippen LogP contribution in [0.3, 0.4) is 0 Å². The van der Waals surface area contributed by atoms with Gasteiger partial charge in [0.15, 0.2) is 11.5 Å². The Morgan fingerprint density at radius 1 is 1.31 bits per heavy atom. The van der Waals surface area contributed by atoms with Crippen molar-refractivity contribution in [1.29, 1.82) is 0 Å². The molecule has 0 aliphatic heterocycles. The van der Waals surface area contributed by atoms with Crippen LogP contribution in [-0.2, 0) is 0 Å². The molecule has 1 aliphatic rings. The SMILES string of the molecule is Nc1nc(Cl)nc2ncn(C3CCCC3)c12. The van der Waals surface area contributed by atoms with Gasteiger partial charge < -0.3 is 10.3 Å². The fourth-order valence-electron chi connectivity index (χ4n) is 2.40. The van der Waals surface area contributed by atoms with Gasteiger partial charge in [0.1, 0.15) is 5.52 Å². The van der Waals surface area contributed by atoms with Gasteiger partial charge in [-0.15, -0.1) is 0 Å². The average molecular weight is 238 g/mol. The molecule has 0 radical (unpaired) electrons. The van der Waals surface area contributed by atoms with Crippen molar-refractivity contribution >= 4 is 28.6 Å². The summed E-state index contributed by atoms with van der Waals surface area (Å²) in [7, 11) is 0. The van der Waals surface area contributed by atoms with E-state index in [2.05, 4.69) is 19.5 Å². The zero-order valence-electron chi connectivity index (χ0n) is 8.73. The van der Waals surface area contributed by atoms with Gasteiger partial charge in [0, 0.05) is 6.04 Å². The Labute approximate surface area is 97.7 Å². The number of hydrogen-bond donors (Lipinski definition) is 1. The molecule has 16 heavy (non-hydrogen) atoms. The van der Waals surface area contributed by atoms with E-state index in [-0.39, 0.29) is 5.28 Å². The Hall–Kier alpha value is -1.36. The lowest BCUT2D eigenvalue weighted by Crippen LogP contribution is -2.06. The molecule has 1 saturated carbocycles. The number of anilines is 1. The fraction of sp³-hybridized carbons (Fsp3) is 0.500. The van der Waals surface area contributed by atoms with E-state index in [0.29, 0.717) is 17.5 Å². The molecule has 5 nitrogen and oxygen atoms in total. The molecule has 2 aromatic rings. The second-order valence-electron chi connectivity index (χ2n) is 4.14. The van der Waals surface area contributed by atoms with Crippen molar-refractivity contribution in [2.75, 3.05) is 5.73 Å². The predicted octanol–water partition coefficient (Wildman–Crippen LogP) is 2.18. The van der Waals surface area contributed by atoms with Crippen molar-refractivity contribution in [2.45, 2.75) is 31.7 Å². The van der Waals surface area contributed by atoms with Crippen LogP contribution in [0.4, 0.5) is 5.82 Å². The van der Waals surface area contributed by atoms with E-state index >= 15 is 0 Å². The van der Waals surface area contributed by atoms with Crippen LogP contribution in [0.2, 0.25) is 5.28 Å². The zero-order valence-corrected chi connectivity index (χ0v) is 9.48. The second kappa shape index (κ2) is 3.59. The molecule has 2 aromatic heterocycles. The summed E-state index contributed by atoms with van der Waals surface area (Å²) in [5, 5.41) is 0.154. The van der Waals surface area contributed by atoms with E-state index in [1.54, 1.807) is 6.33 Å². The smallest absolute Gasteiger partial charge is 0.226 e. The normalized spacial score (nSPS) is 17.3. The highest BCUT2D eigenvalue weighted by Gasteiger charge is 2.20. The summed E-state index contributed by atoms with van der Waals surface area (Å²) in [5.74, 6) is 0.416. The van der Waals surface area contributed by atoms with Gasteiger partial charge in [-0.25, -0.2) is 4.98 Å². The molecule has 1 fully saturated rings. The molecule has 2 heterocycles. The first-order valence-electron chi connectivity index (χ1n) is 5.41. The van der Waals surface area contributed by atoms with Gasteiger partial charge in [-0.1, -0.05) is 12.8 Å². The summed E-state index contributed by atoms with van der Waals surface area (Å²) in [5.41, 5.74) is 7.28. The summed E-state index contributed by atoms with van der Waals surface area (Å²) < 4.78 is 2.09. The minimum absolute atomic E-state index is 0.154. The number of aromatic nitrogens is 4. The highest BCUT2D eigenvalue weighted by molar-refractivity contribution is 6.28. The molecule has 0 aromatic carbocycles. The largest absolute Gasteiger partial charge is 0.382 e. The number of imidazole rings is 1. The molecular formula is C10H12ClN5. The van der Waals surface area contributed by atoms with Crippen LogP contribution in [0.5, 0.6) is 0 Å². The number of nitrogens with two attached hydrogens (primary N) is 1. The number of nitrogens with zero attached hydrogens (tertiary/aromatic N) is 4. The van der Waals surface area contributed by atoms with Crippen LogP contribution in [0.15, 0.2) is 6.33 Å². The first kappa shape index (κ1) is 9.84. The van der Waals surface area contributed by atoms with Crippen LogP contribution in [0.1, 0.15) is 31.7 Å². The molecular weight excluding hydrogens is 226 g/mol. The van der Waals surface area contributed by atoms with Gasteiger partial charge in [0.2, 0.25) is 5.28 Å². The van der Waals surface area contributed by atoms with Crippen molar-refractivity contribution in [3.63, 3.8) is 0 Å². The number of fused-ring (bicyclic) bond motifs is 1. The number of halogens is 1. The Morgan fingerprint density at radius 3 is 2.81 bits per heavy atom. The minimum Gasteiger partial charge on any atom is -0.382 e. The van der Waals surface area contributed by atoms with E-state index in [9.17, 15) is 0 Å². The van der Waals surface area contributed by atoms with Crippen molar-refractivity contribution in [2.24, 2.45) is 0 Å². The third-order valence-electron chi connectivity index (χ3n) is 3.15. The molecule has 0 saturated heterocycles. The Bertz CT molecular complexity index is 529. The summed E-state index contributed by atoms with van der Waals surface area (Å²) in [4.78, 5) is 12.3. The fourth-order valence-corrected chi connectivity index (χ4v) is 2.58. The summed E-state index contributed by atoms with van der Waals surface area (Å²) in [6.45, 7) is 0. The molecule has 3 rings (SSSR count). The van der Waals surface area contributed by atoms with Crippen LogP contribution in [0.25, 0.3) is 11.2 Å². The lowest BCUT2D eigenvalue weighted by atomic mass is 10.2. The molecule has 6 heteroatoms. The van der Waals surface area contributed by atoms with E-state index < -0.39 is 0 Å². The van der Waals surface area contributed by atoms with Crippen molar-refractivity contribution in [3.05, 3.63) is 11.6 Å². The lowest BCUT2D eigenvalue weighted by molar-refractivity contribution is 0.532. The average Bonchev–Trinajstić information content (AvgIpc) is 2.82. The highest BCUT2D eigenvalue weighted by Crippen LogP contribution is 2.33. The van der Waals surface area contributed by atoms with Gasteiger partial charge in [0.25, 0.3) is 0 Å². The highest BCUT2D eigenvalue weighted by atomic mass is 35.5. The van der Waals surface area contributed by atoms with Crippen molar-refractivity contribution < 1.29 is 0 Å². The third-order valence-corrected chi connectivity index (χ3v) is 3.32. The van der Waals surface area contributed by atoms with Crippen LogP contribution < -0.4 is 5.73 Å². The van der Waals surface area contributed by atoms with Gasteiger partial charge in [0.05, 0.1) is 6.33 Å². The van der Waals surface area contributed by atoms with Crippen LogP contribution in [0, 0.1) is 0 Å².